The molecule has 0 aromatic heterocycles. The lowest BCUT2D eigenvalue weighted by Gasteiger charge is -2.42. The summed E-state index contributed by atoms with van der Waals surface area (Å²) in [5.74, 6) is 2.18. The maximum absolute atomic E-state index is 13.4. The Bertz CT molecular complexity index is 648. The molecule has 200 valence electrons. The van der Waals surface area contributed by atoms with E-state index in [9.17, 15) is 4.79 Å². The van der Waals surface area contributed by atoms with Crippen molar-refractivity contribution in [1.82, 2.24) is 25.8 Å². The second-order valence-corrected chi connectivity index (χ2v) is 12.2. The normalized spacial score (nSPS) is 38.4. The Morgan fingerprint density at radius 3 is 2.20 bits per heavy atom. The quantitative estimate of drug-likeness (QED) is 0.533. The highest BCUT2D eigenvalue weighted by Crippen LogP contribution is 2.32. The van der Waals surface area contributed by atoms with E-state index in [2.05, 4.69) is 25.8 Å². The average Bonchev–Trinajstić information content (AvgIpc) is 2.94. The molecule has 2 unspecified atom stereocenters. The van der Waals surface area contributed by atoms with Gasteiger partial charge in [-0.2, -0.15) is 0 Å². The number of nitrogens with zero attached hydrogens (tertiary/aromatic N) is 2. The van der Waals surface area contributed by atoms with Gasteiger partial charge in [-0.05, 0) is 95.6 Å². The van der Waals surface area contributed by atoms with Crippen LogP contribution in [0, 0.1) is 17.8 Å². The molecule has 2 atom stereocenters. The summed E-state index contributed by atoms with van der Waals surface area (Å²) in [4.78, 5) is 18.3. The molecule has 0 bridgehead atoms. The van der Waals surface area contributed by atoms with Crippen LogP contribution in [-0.2, 0) is 9.53 Å². The molecular formula is C28H51N5O2. The van der Waals surface area contributed by atoms with E-state index in [1.807, 2.05) is 7.11 Å². The van der Waals surface area contributed by atoms with Crippen LogP contribution in [-0.4, -0.2) is 86.6 Å². The van der Waals surface area contributed by atoms with Crippen LogP contribution in [0.3, 0.4) is 0 Å². The van der Waals surface area contributed by atoms with Gasteiger partial charge >= 0.3 is 0 Å². The molecule has 0 radical (unpaired) electrons. The molecule has 3 saturated heterocycles. The number of ether oxygens (including phenoxy) is 1. The third kappa shape index (κ3) is 6.78. The molecule has 0 spiro atoms. The third-order valence-electron chi connectivity index (χ3n) is 10.00. The molecule has 7 nitrogen and oxygen atoms in total. The SMILES string of the molecule is COC1CCC(C2CNC(NC3CCCC(C(=O)N4CCC(N5CCCCC5)CC4)C3)NC2)CC1. The van der Waals surface area contributed by atoms with Gasteiger partial charge in [-0.25, -0.2) is 0 Å². The smallest absolute Gasteiger partial charge is 0.225 e. The van der Waals surface area contributed by atoms with Gasteiger partial charge < -0.3 is 14.5 Å². The number of hydrogen-bond acceptors (Lipinski definition) is 6. The lowest BCUT2D eigenvalue weighted by Crippen LogP contribution is -2.63. The van der Waals surface area contributed by atoms with Crippen LogP contribution in [0.4, 0.5) is 0 Å². The summed E-state index contributed by atoms with van der Waals surface area (Å²) in [6.45, 7) is 6.66. The first kappa shape index (κ1) is 25.9. The number of hydrogen-bond donors (Lipinski definition) is 3. The van der Waals surface area contributed by atoms with Crippen LogP contribution in [0.1, 0.15) is 83.5 Å². The highest BCUT2D eigenvalue weighted by atomic mass is 16.5. The van der Waals surface area contributed by atoms with Gasteiger partial charge in [0.1, 0.15) is 6.29 Å². The van der Waals surface area contributed by atoms with Crippen LogP contribution in [0.5, 0.6) is 0 Å². The molecule has 2 aliphatic carbocycles. The highest BCUT2D eigenvalue weighted by Gasteiger charge is 2.35. The Balaban J connectivity index is 1.02. The Morgan fingerprint density at radius 1 is 0.800 bits per heavy atom. The summed E-state index contributed by atoms with van der Waals surface area (Å²) in [7, 11) is 1.85. The number of likely N-dealkylation sites (tertiary alicyclic amines) is 2. The molecule has 5 fully saturated rings. The minimum Gasteiger partial charge on any atom is -0.381 e. The van der Waals surface area contributed by atoms with Gasteiger partial charge in [-0.15, -0.1) is 0 Å². The monoisotopic (exact) mass is 489 g/mol. The maximum Gasteiger partial charge on any atom is 0.225 e. The molecule has 5 aliphatic rings. The van der Waals surface area contributed by atoms with Crippen molar-refractivity contribution in [2.45, 2.75) is 108 Å². The van der Waals surface area contributed by atoms with E-state index in [1.54, 1.807) is 0 Å². The molecule has 35 heavy (non-hydrogen) atoms. The van der Waals surface area contributed by atoms with E-state index in [0.29, 0.717) is 24.1 Å². The fourth-order valence-electron chi connectivity index (χ4n) is 7.72. The van der Waals surface area contributed by atoms with Gasteiger partial charge in [-0.3, -0.25) is 20.7 Å². The Kier molecular flexibility index (Phi) is 9.38. The van der Waals surface area contributed by atoms with Crippen molar-refractivity contribution in [3.8, 4) is 0 Å². The third-order valence-corrected chi connectivity index (χ3v) is 10.00. The number of amides is 1. The highest BCUT2D eigenvalue weighted by molar-refractivity contribution is 5.79. The number of carbonyl (C=O) groups is 1. The summed E-state index contributed by atoms with van der Waals surface area (Å²) in [5, 5.41) is 11.3. The van der Waals surface area contributed by atoms with Crippen molar-refractivity contribution in [3.05, 3.63) is 0 Å². The zero-order chi connectivity index (χ0) is 24.0. The van der Waals surface area contributed by atoms with Crippen molar-refractivity contribution < 1.29 is 9.53 Å². The number of methoxy groups -OCH3 is 1. The zero-order valence-corrected chi connectivity index (χ0v) is 22.2. The maximum atomic E-state index is 13.4. The van der Waals surface area contributed by atoms with E-state index in [-0.39, 0.29) is 12.2 Å². The van der Waals surface area contributed by atoms with E-state index >= 15 is 0 Å². The molecule has 1 amide bonds. The zero-order valence-electron chi connectivity index (χ0n) is 22.2. The molecule has 5 rings (SSSR count). The molecule has 3 aliphatic heterocycles. The van der Waals surface area contributed by atoms with Crippen molar-refractivity contribution >= 4 is 5.91 Å². The number of carbonyl (C=O) groups excluding carboxylic acids is 1. The van der Waals surface area contributed by atoms with Crippen molar-refractivity contribution in [2.24, 2.45) is 17.8 Å². The summed E-state index contributed by atoms with van der Waals surface area (Å²) in [5.41, 5.74) is 0. The van der Waals surface area contributed by atoms with E-state index in [4.69, 9.17) is 4.74 Å². The Morgan fingerprint density at radius 2 is 1.51 bits per heavy atom. The standard InChI is InChI=1S/C28H51N5O2/c1-35-26-10-8-21(9-11-26)23-19-29-28(30-20-23)31-24-7-5-6-22(18-24)27(34)33-16-12-25(13-17-33)32-14-3-2-4-15-32/h21-26,28-31H,2-20H2,1H3. The lowest BCUT2D eigenvalue weighted by atomic mass is 9.78. The number of rotatable bonds is 6. The van der Waals surface area contributed by atoms with Gasteiger partial charge in [-0.1, -0.05) is 12.8 Å². The van der Waals surface area contributed by atoms with Gasteiger partial charge in [0.25, 0.3) is 0 Å². The predicted octanol–water partition coefficient (Wildman–Crippen LogP) is 2.91. The van der Waals surface area contributed by atoms with Crippen molar-refractivity contribution in [1.29, 1.82) is 0 Å². The first-order valence-electron chi connectivity index (χ1n) is 15.0. The fourth-order valence-corrected chi connectivity index (χ4v) is 7.72. The minimum absolute atomic E-state index is 0.181. The van der Waals surface area contributed by atoms with Crippen LogP contribution in [0.15, 0.2) is 0 Å². The van der Waals surface area contributed by atoms with Gasteiger partial charge in [0, 0.05) is 51.3 Å². The van der Waals surface area contributed by atoms with Gasteiger partial charge in [0.05, 0.1) is 6.10 Å². The molecule has 0 aromatic rings. The molecule has 7 heteroatoms. The van der Waals surface area contributed by atoms with E-state index in [1.165, 1.54) is 77.3 Å². The Hall–Kier alpha value is -0.730. The van der Waals surface area contributed by atoms with Crippen LogP contribution in [0.25, 0.3) is 0 Å². The van der Waals surface area contributed by atoms with E-state index < -0.39 is 0 Å². The first-order chi connectivity index (χ1) is 17.2. The first-order valence-corrected chi connectivity index (χ1v) is 15.0. The fraction of sp³-hybridized carbons (Fsp3) is 0.964. The molecular weight excluding hydrogens is 438 g/mol. The minimum atomic E-state index is 0.181. The van der Waals surface area contributed by atoms with Crippen LogP contribution < -0.4 is 16.0 Å². The topological polar surface area (TPSA) is 68.9 Å². The number of piperidine rings is 2. The average molecular weight is 490 g/mol. The van der Waals surface area contributed by atoms with Crippen molar-refractivity contribution in [3.63, 3.8) is 0 Å². The summed E-state index contributed by atoms with van der Waals surface area (Å²) in [6, 6.07) is 1.14. The second-order valence-electron chi connectivity index (χ2n) is 12.2. The summed E-state index contributed by atoms with van der Waals surface area (Å²) < 4.78 is 5.55. The van der Waals surface area contributed by atoms with Gasteiger partial charge in [0.15, 0.2) is 0 Å². The molecule has 3 N–H and O–H groups in total. The Labute approximate surface area is 213 Å². The molecule has 3 heterocycles. The van der Waals surface area contributed by atoms with Crippen LogP contribution in [0.2, 0.25) is 0 Å². The molecule has 0 aromatic carbocycles. The van der Waals surface area contributed by atoms with Gasteiger partial charge in [0.2, 0.25) is 5.91 Å². The summed E-state index contributed by atoms with van der Waals surface area (Å²) >= 11 is 0. The molecule has 2 saturated carbocycles. The van der Waals surface area contributed by atoms with E-state index in [0.717, 1.165) is 57.3 Å². The van der Waals surface area contributed by atoms with Crippen LogP contribution >= 0.6 is 0 Å². The number of nitrogens with one attached hydrogen (secondary N) is 3. The largest absolute Gasteiger partial charge is 0.381 e. The van der Waals surface area contributed by atoms with Crippen molar-refractivity contribution in [2.75, 3.05) is 46.4 Å². The summed E-state index contributed by atoms with van der Waals surface area (Å²) in [6.07, 6.45) is 16.6. The predicted molar refractivity (Wildman–Crippen MR) is 140 cm³/mol. The second kappa shape index (κ2) is 12.7. The lowest BCUT2D eigenvalue weighted by molar-refractivity contribution is -0.138.